The third kappa shape index (κ3) is 6.16. The monoisotopic (exact) mass is 437 g/mol. The number of methoxy groups -OCH3 is 1. The van der Waals surface area contributed by atoms with Crippen LogP contribution in [0.1, 0.15) is 11.1 Å². The number of rotatable bonds is 8. The number of hydrogen-bond donors (Lipinski definition) is 1. The largest absolute Gasteiger partial charge is 0.496 e. The molecule has 0 saturated carbocycles. The number of carbonyl (C=O) groups excluding carboxylic acids is 1. The number of thioether (sulfide) groups is 1. The highest BCUT2D eigenvalue weighted by atomic mass is 79.9. The molecule has 0 aliphatic carbocycles. The molecule has 0 saturated heterocycles. The fourth-order valence-corrected chi connectivity index (χ4v) is 3.15. The number of hydrogen-bond acceptors (Lipinski definition) is 6. The minimum Gasteiger partial charge on any atom is -0.496 e. The van der Waals surface area contributed by atoms with Gasteiger partial charge >= 0.3 is 0 Å². The summed E-state index contributed by atoms with van der Waals surface area (Å²) in [5.41, 5.74) is 4.16. The van der Waals surface area contributed by atoms with Gasteiger partial charge in [0.2, 0.25) is 5.91 Å². The van der Waals surface area contributed by atoms with E-state index in [4.69, 9.17) is 4.74 Å². The number of non-ortho nitro benzene ring substituents is 1. The molecule has 0 fully saturated rings. The van der Waals surface area contributed by atoms with Gasteiger partial charge in [-0.05, 0) is 23.8 Å². The first-order valence-corrected chi connectivity index (χ1v) is 9.41. The van der Waals surface area contributed by atoms with Gasteiger partial charge in [-0.15, -0.1) is 11.8 Å². The Labute approximate surface area is 163 Å². The molecule has 2 aromatic rings. The molecule has 0 aromatic heterocycles. The average Bonchev–Trinajstić information content (AvgIpc) is 2.62. The lowest BCUT2D eigenvalue weighted by Gasteiger charge is -2.05. The van der Waals surface area contributed by atoms with E-state index in [-0.39, 0.29) is 17.3 Å². The van der Waals surface area contributed by atoms with Crippen LogP contribution < -0.4 is 10.2 Å². The number of nitrogens with zero attached hydrogens (tertiary/aromatic N) is 2. The Morgan fingerprint density at radius 1 is 1.35 bits per heavy atom. The molecule has 26 heavy (non-hydrogen) atoms. The van der Waals surface area contributed by atoms with Gasteiger partial charge in [-0.2, -0.15) is 5.10 Å². The molecule has 9 heteroatoms. The highest BCUT2D eigenvalue weighted by molar-refractivity contribution is 9.10. The molecule has 136 valence electrons. The first kappa shape index (κ1) is 19.9. The van der Waals surface area contributed by atoms with Gasteiger partial charge in [0.1, 0.15) is 5.75 Å². The predicted octanol–water partition coefficient (Wildman–Crippen LogP) is 3.75. The predicted molar refractivity (Wildman–Crippen MR) is 106 cm³/mol. The number of hydrazone groups is 1. The van der Waals surface area contributed by atoms with Crippen molar-refractivity contribution in [3.05, 3.63) is 68.2 Å². The van der Waals surface area contributed by atoms with Crippen LogP contribution in [0.5, 0.6) is 5.75 Å². The van der Waals surface area contributed by atoms with Crippen molar-refractivity contribution < 1.29 is 14.5 Å². The lowest BCUT2D eigenvalue weighted by molar-refractivity contribution is -0.384. The van der Waals surface area contributed by atoms with Gasteiger partial charge in [-0.3, -0.25) is 14.9 Å². The van der Waals surface area contributed by atoms with E-state index in [0.29, 0.717) is 11.5 Å². The van der Waals surface area contributed by atoms with E-state index in [0.717, 1.165) is 15.6 Å². The van der Waals surface area contributed by atoms with E-state index in [1.54, 1.807) is 25.3 Å². The molecule has 1 amide bonds. The molecular formula is C17H16BrN3O4S. The molecule has 0 aliphatic rings. The molecule has 0 atom stereocenters. The zero-order chi connectivity index (χ0) is 18.9. The summed E-state index contributed by atoms with van der Waals surface area (Å²) in [7, 11) is 1.56. The van der Waals surface area contributed by atoms with E-state index >= 15 is 0 Å². The molecule has 7 nitrogen and oxygen atoms in total. The topological polar surface area (TPSA) is 93.8 Å². The second-order valence-corrected chi connectivity index (χ2v) is 7.00. The standard InChI is InChI=1S/C17H16BrN3O4S/c1-25-16-7-4-14(18)8-13(16)9-19-20-17(22)11-26-10-12-2-5-15(6-3-12)21(23)24/h2-9H,10-11H2,1H3,(H,20,22)/b19-9-. The number of carbonyl (C=O) groups is 1. The van der Waals surface area contributed by atoms with Gasteiger partial charge in [0.25, 0.3) is 5.69 Å². The fourth-order valence-electron chi connectivity index (χ4n) is 1.99. The number of nitrogens with one attached hydrogen (secondary N) is 1. The third-order valence-electron chi connectivity index (χ3n) is 3.23. The molecule has 0 radical (unpaired) electrons. The van der Waals surface area contributed by atoms with E-state index < -0.39 is 4.92 Å². The van der Waals surface area contributed by atoms with Crippen molar-refractivity contribution in [1.29, 1.82) is 0 Å². The maximum absolute atomic E-state index is 11.8. The molecule has 0 aliphatic heterocycles. The van der Waals surface area contributed by atoms with Crippen molar-refractivity contribution in [3.63, 3.8) is 0 Å². The number of halogens is 1. The van der Waals surface area contributed by atoms with Crippen LogP contribution in [0.2, 0.25) is 0 Å². The van der Waals surface area contributed by atoms with Crippen molar-refractivity contribution in [2.75, 3.05) is 12.9 Å². The fraction of sp³-hybridized carbons (Fsp3) is 0.176. The summed E-state index contributed by atoms with van der Waals surface area (Å²) >= 11 is 4.77. The third-order valence-corrected chi connectivity index (χ3v) is 4.73. The summed E-state index contributed by atoms with van der Waals surface area (Å²) in [5, 5.41) is 14.5. The number of ether oxygens (including phenoxy) is 1. The van der Waals surface area contributed by atoms with Gasteiger partial charge in [0.15, 0.2) is 0 Å². The normalized spacial score (nSPS) is 10.7. The maximum atomic E-state index is 11.8. The Balaban J connectivity index is 1.78. The summed E-state index contributed by atoms with van der Waals surface area (Å²) in [6, 6.07) is 11.7. The Morgan fingerprint density at radius 3 is 2.73 bits per heavy atom. The molecule has 2 aromatic carbocycles. The molecule has 1 N–H and O–H groups in total. The van der Waals surface area contributed by atoms with Gasteiger partial charge in [0, 0.05) is 27.9 Å². The van der Waals surface area contributed by atoms with Crippen molar-refractivity contribution in [2.45, 2.75) is 5.75 Å². The van der Waals surface area contributed by atoms with E-state index in [1.807, 2.05) is 12.1 Å². The van der Waals surface area contributed by atoms with Crippen molar-refractivity contribution in [3.8, 4) is 5.75 Å². The second-order valence-electron chi connectivity index (χ2n) is 5.10. The van der Waals surface area contributed by atoms with Gasteiger partial charge in [-0.25, -0.2) is 5.43 Å². The van der Waals surface area contributed by atoms with Crippen LogP contribution in [-0.4, -0.2) is 29.9 Å². The van der Waals surface area contributed by atoms with E-state index in [1.165, 1.54) is 30.1 Å². The van der Waals surface area contributed by atoms with E-state index in [2.05, 4.69) is 26.5 Å². The van der Waals surface area contributed by atoms with Crippen molar-refractivity contribution >= 4 is 45.5 Å². The van der Waals surface area contributed by atoms with Gasteiger partial charge in [-0.1, -0.05) is 28.1 Å². The molecule has 0 spiro atoms. The average molecular weight is 438 g/mol. The lowest BCUT2D eigenvalue weighted by Crippen LogP contribution is -2.19. The van der Waals surface area contributed by atoms with Gasteiger partial charge in [0.05, 0.1) is 24.0 Å². The Hall–Kier alpha value is -2.39. The SMILES string of the molecule is COc1ccc(Br)cc1/C=N\NC(=O)CSCc1ccc([N+](=O)[O-])cc1. The van der Waals surface area contributed by atoms with Crippen LogP contribution in [0, 0.1) is 10.1 Å². The highest BCUT2D eigenvalue weighted by Gasteiger charge is 2.05. The number of amides is 1. The van der Waals surface area contributed by atoms with Crippen LogP contribution in [0.4, 0.5) is 5.69 Å². The zero-order valence-corrected chi connectivity index (χ0v) is 16.2. The zero-order valence-electron chi connectivity index (χ0n) is 13.8. The van der Waals surface area contributed by atoms with Crippen molar-refractivity contribution in [1.82, 2.24) is 5.43 Å². The summed E-state index contributed by atoms with van der Waals surface area (Å²) in [4.78, 5) is 22.0. The molecule has 0 heterocycles. The number of nitro benzene ring substituents is 1. The van der Waals surface area contributed by atoms with Crippen molar-refractivity contribution in [2.24, 2.45) is 5.10 Å². The van der Waals surface area contributed by atoms with Gasteiger partial charge < -0.3 is 4.74 Å². The Bertz CT molecular complexity index is 812. The summed E-state index contributed by atoms with van der Waals surface area (Å²) in [6.45, 7) is 0. The minimum absolute atomic E-state index is 0.0498. The second kappa shape index (κ2) is 9.93. The van der Waals surface area contributed by atoms with Crippen LogP contribution in [0.25, 0.3) is 0 Å². The quantitative estimate of drug-likeness (QED) is 0.385. The Kier molecular flexibility index (Phi) is 7.61. The highest BCUT2D eigenvalue weighted by Crippen LogP contribution is 2.21. The smallest absolute Gasteiger partial charge is 0.269 e. The molecule has 2 rings (SSSR count). The molecular weight excluding hydrogens is 422 g/mol. The number of benzene rings is 2. The number of nitro groups is 1. The summed E-state index contributed by atoms with van der Waals surface area (Å²) < 4.78 is 6.10. The summed E-state index contributed by atoms with van der Waals surface area (Å²) in [5.74, 6) is 1.22. The first-order chi connectivity index (χ1) is 12.5. The summed E-state index contributed by atoms with van der Waals surface area (Å²) in [6.07, 6.45) is 1.52. The van der Waals surface area contributed by atoms with Crippen LogP contribution in [-0.2, 0) is 10.5 Å². The van der Waals surface area contributed by atoms with Crippen LogP contribution >= 0.6 is 27.7 Å². The maximum Gasteiger partial charge on any atom is 0.269 e. The first-order valence-electron chi connectivity index (χ1n) is 7.46. The molecule has 0 bridgehead atoms. The lowest BCUT2D eigenvalue weighted by atomic mass is 10.2. The molecule has 0 unspecified atom stereocenters. The van der Waals surface area contributed by atoms with Crippen LogP contribution in [0.15, 0.2) is 52.0 Å². The van der Waals surface area contributed by atoms with Crippen LogP contribution in [0.3, 0.4) is 0 Å². The minimum atomic E-state index is -0.442. The van der Waals surface area contributed by atoms with E-state index in [9.17, 15) is 14.9 Å². The Morgan fingerprint density at radius 2 is 2.08 bits per heavy atom.